The molecule has 3 N–H and O–H groups in total. The Morgan fingerprint density at radius 3 is 2.22 bits per heavy atom. The Hall–Kier alpha value is -2.61. The number of aromatic nitrogens is 1. The van der Waals surface area contributed by atoms with Gasteiger partial charge in [-0.1, -0.05) is 47.3 Å². The first-order valence-corrected chi connectivity index (χ1v) is 12.6. The van der Waals surface area contributed by atoms with Crippen LogP contribution < -0.4 is 16.0 Å². The average Bonchev–Trinajstić information content (AvgIpc) is 2.79. The lowest BCUT2D eigenvalue weighted by Gasteiger charge is -2.22. The quantitative estimate of drug-likeness (QED) is 0.143. The molecule has 36 heavy (non-hydrogen) atoms. The molecule has 0 fully saturated rings. The molecule has 1 unspecified atom stereocenters. The highest BCUT2D eigenvalue weighted by Crippen LogP contribution is 2.30. The van der Waals surface area contributed by atoms with E-state index in [0.29, 0.717) is 29.3 Å². The third kappa shape index (κ3) is 11.9. The van der Waals surface area contributed by atoms with Crippen molar-refractivity contribution in [3.05, 3.63) is 54.5 Å². The van der Waals surface area contributed by atoms with Gasteiger partial charge in [-0.05, 0) is 69.2 Å². The van der Waals surface area contributed by atoms with Gasteiger partial charge in [0.05, 0.1) is 12.4 Å². The fourth-order valence-corrected chi connectivity index (χ4v) is 3.29. The van der Waals surface area contributed by atoms with Crippen LogP contribution >= 0.6 is 0 Å². The Balaban J connectivity index is 0.00000387. The van der Waals surface area contributed by atoms with Gasteiger partial charge in [0, 0.05) is 25.1 Å². The van der Waals surface area contributed by atoms with E-state index in [2.05, 4.69) is 52.9 Å². The largest absolute Gasteiger partial charge is 0.357 e. The van der Waals surface area contributed by atoms with Crippen LogP contribution in [0.25, 0.3) is 5.57 Å². The Morgan fingerprint density at radius 1 is 1.14 bits per heavy atom. The number of hydrogen-bond acceptors (Lipinski definition) is 4. The van der Waals surface area contributed by atoms with Gasteiger partial charge in [-0.25, -0.2) is 23.1 Å². The van der Waals surface area contributed by atoms with Crippen molar-refractivity contribution >= 4 is 17.2 Å². The van der Waals surface area contributed by atoms with Crippen molar-refractivity contribution in [3.63, 3.8) is 0 Å². The van der Waals surface area contributed by atoms with Crippen LogP contribution in [0.4, 0.5) is 19.0 Å². The van der Waals surface area contributed by atoms with Gasteiger partial charge in [-0.2, -0.15) is 0 Å². The van der Waals surface area contributed by atoms with E-state index in [1.807, 2.05) is 13.8 Å². The molecular weight excluding hydrogens is 463 g/mol. The first-order chi connectivity index (χ1) is 16.8. The third-order valence-corrected chi connectivity index (χ3v) is 5.29. The molecule has 0 saturated carbocycles. The maximum absolute atomic E-state index is 14.9. The second-order valence-electron chi connectivity index (χ2n) is 9.14. The number of pyridine rings is 1. The molecule has 204 valence electrons. The van der Waals surface area contributed by atoms with Gasteiger partial charge in [-0.15, -0.1) is 0 Å². The van der Waals surface area contributed by atoms with Crippen LogP contribution in [-0.2, 0) is 5.67 Å². The lowest BCUT2D eigenvalue weighted by atomic mass is 9.96. The van der Waals surface area contributed by atoms with Crippen LogP contribution in [0.3, 0.4) is 0 Å². The first-order valence-electron chi connectivity index (χ1n) is 12.6. The number of alkyl halides is 3. The number of anilines is 1. The zero-order chi connectivity index (χ0) is 27.9. The van der Waals surface area contributed by atoms with E-state index in [9.17, 15) is 13.2 Å². The van der Waals surface area contributed by atoms with Crippen LogP contribution in [0.1, 0.15) is 92.3 Å². The molecule has 0 bridgehead atoms. The van der Waals surface area contributed by atoms with E-state index in [-0.39, 0.29) is 19.5 Å². The van der Waals surface area contributed by atoms with E-state index in [4.69, 9.17) is 0 Å². The highest BCUT2D eigenvalue weighted by atomic mass is 19.3. The van der Waals surface area contributed by atoms with E-state index in [1.54, 1.807) is 19.1 Å². The molecule has 0 aliphatic carbocycles. The molecule has 0 aliphatic heterocycles. The summed E-state index contributed by atoms with van der Waals surface area (Å²) >= 11 is 0. The molecule has 1 aromatic rings. The number of allylic oxidation sites excluding steroid dienone is 1. The van der Waals surface area contributed by atoms with Crippen molar-refractivity contribution in [2.24, 2.45) is 4.99 Å². The lowest BCUT2D eigenvalue weighted by Crippen LogP contribution is -2.36. The van der Waals surface area contributed by atoms with Crippen molar-refractivity contribution < 1.29 is 13.2 Å². The second kappa shape index (κ2) is 16.2. The fraction of sp³-hybridized carbons (Fsp3) is 0.571. The van der Waals surface area contributed by atoms with Gasteiger partial charge in [0.2, 0.25) is 5.92 Å². The molecule has 1 rings (SSSR count). The molecule has 5 nitrogen and oxygen atoms in total. The van der Waals surface area contributed by atoms with Crippen LogP contribution in [0.15, 0.2) is 48.3 Å². The summed E-state index contributed by atoms with van der Waals surface area (Å²) in [4.78, 5) is 8.93. The molecule has 0 aromatic carbocycles. The van der Waals surface area contributed by atoms with Crippen molar-refractivity contribution in [1.82, 2.24) is 15.6 Å². The maximum atomic E-state index is 14.9. The number of hydrogen-bond donors (Lipinski definition) is 3. The number of aliphatic imine (C=N–C) groups is 1. The zero-order valence-corrected chi connectivity index (χ0v) is 23.4. The molecule has 0 spiro atoms. The van der Waals surface area contributed by atoms with Crippen molar-refractivity contribution in [2.75, 3.05) is 12.0 Å². The summed E-state index contributed by atoms with van der Waals surface area (Å²) in [5.74, 6) is -1.67. The Morgan fingerprint density at radius 2 is 1.75 bits per heavy atom. The van der Waals surface area contributed by atoms with Gasteiger partial charge >= 0.3 is 0 Å². The van der Waals surface area contributed by atoms with E-state index >= 15 is 0 Å². The molecule has 0 amide bonds. The standard InChI is InChI=1S/C25H38F3N5.C3H8/c1-9-20(23(29-11-3)30-12-4)18(6)21-13-19(24(7,8)26)14-22(33-21)32-16-31-17(5)15-25(27,28)10-2;1-3-2/h11-14,17,31H,3-4,9-10,15-16H2,1-2,5-8H3,(H,29,30)(H,32,33);3H2,1-2H3/b20-18+;. The van der Waals surface area contributed by atoms with Crippen molar-refractivity contribution in [3.8, 4) is 0 Å². The minimum absolute atomic E-state index is 0.200. The van der Waals surface area contributed by atoms with Crippen molar-refractivity contribution in [1.29, 1.82) is 0 Å². The Labute approximate surface area is 216 Å². The minimum Gasteiger partial charge on any atom is -0.357 e. The molecule has 0 radical (unpaired) electrons. The molecule has 0 aliphatic rings. The van der Waals surface area contributed by atoms with Gasteiger partial charge < -0.3 is 10.6 Å². The number of amidine groups is 1. The maximum Gasteiger partial charge on any atom is 0.249 e. The first kappa shape index (κ1) is 33.4. The summed E-state index contributed by atoms with van der Waals surface area (Å²) in [7, 11) is 0. The summed E-state index contributed by atoms with van der Waals surface area (Å²) in [6, 6.07) is 2.95. The second-order valence-corrected chi connectivity index (χ2v) is 9.14. The van der Waals surface area contributed by atoms with Crippen LogP contribution in [0.5, 0.6) is 0 Å². The topological polar surface area (TPSA) is 61.3 Å². The van der Waals surface area contributed by atoms with Crippen LogP contribution in [0.2, 0.25) is 0 Å². The number of rotatable bonds is 13. The molecule has 8 heteroatoms. The van der Waals surface area contributed by atoms with Gasteiger partial charge in [-0.3, -0.25) is 5.32 Å². The Kier molecular flexibility index (Phi) is 15.0. The molecule has 1 heterocycles. The van der Waals surface area contributed by atoms with E-state index in [1.165, 1.54) is 39.6 Å². The van der Waals surface area contributed by atoms with Crippen molar-refractivity contribution in [2.45, 2.75) is 98.7 Å². The third-order valence-electron chi connectivity index (χ3n) is 5.29. The monoisotopic (exact) mass is 509 g/mol. The van der Waals surface area contributed by atoms with Gasteiger partial charge in [0.15, 0.2) is 0 Å². The predicted molar refractivity (Wildman–Crippen MR) is 149 cm³/mol. The Bertz CT molecular complexity index is 886. The predicted octanol–water partition coefficient (Wildman–Crippen LogP) is 7.94. The summed E-state index contributed by atoms with van der Waals surface area (Å²) in [5, 5.41) is 9.13. The number of nitrogens with one attached hydrogen (secondary N) is 3. The summed E-state index contributed by atoms with van der Waals surface area (Å²) < 4.78 is 42.1. The molecule has 1 atom stereocenters. The summed E-state index contributed by atoms with van der Waals surface area (Å²) in [6.07, 6.45) is 4.41. The lowest BCUT2D eigenvalue weighted by molar-refractivity contribution is -0.0188. The van der Waals surface area contributed by atoms with Gasteiger partial charge in [0.25, 0.3) is 0 Å². The van der Waals surface area contributed by atoms with E-state index < -0.39 is 17.6 Å². The highest BCUT2D eigenvalue weighted by Gasteiger charge is 2.28. The molecular formula is C28H46F3N5. The van der Waals surface area contributed by atoms with Crippen LogP contribution in [-0.4, -0.2) is 29.5 Å². The summed E-state index contributed by atoms with van der Waals surface area (Å²) in [6.45, 7) is 21.8. The minimum atomic E-state index is -2.71. The van der Waals surface area contributed by atoms with E-state index in [0.717, 1.165) is 11.1 Å². The number of halogens is 3. The van der Waals surface area contributed by atoms with Crippen LogP contribution in [0, 0.1) is 0 Å². The number of nitrogens with zero attached hydrogens (tertiary/aromatic N) is 2. The van der Waals surface area contributed by atoms with Gasteiger partial charge in [0.1, 0.15) is 17.3 Å². The average molecular weight is 510 g/mol. The summed E-state index contributed by atoms with van der Waals surface area (Å²) in [5.41, 5.74) is 1.16. The highest BCUT2D eigenvalue weighted by molar-refractivity contribution is 6.05. The SMILES string of the molecule is C=CN=C(NC=C)/C(CC)=C(\C)c1cc(C(C)(C)F)cc(NCNC(C)CC(F)(F)CC)n1.CCC. The fourth-order valence-electron chi connectivity index (χ4n) is 3.29. The zero-order valence-electron chi connectivity index (χ0n) is 23.4. The smallest absolute Gasteiger partial charge is 0.249 e. The molecule has 1 aromatic heterocycles. The normalized spacial score (nSPS) is 13.7. The molecule has 0 saturated heterocycles.